The van der Waals surface area contributed by atoms with Gasteiger partial charge < -0.3 is 11.1 Å². The second-order valence-corrected chi connectivity index (χ2v) is 5.44. The number of nitrogens with one attached hydrogen (secondary N) is 2. The molecule has 0 saturated heterocycles. The van der Waals surface area contributed by atoms with Gasteiger partial charge in [0, 0.05) is 17.2 Å². The third kappa shape index (κ3) is 3.45. The molecule has 1 saturated carbocycles. The van der Waals surface area contributed by atoms with Gasteiger partial charge in [-0.2, -0.15) is 5.10 Å². The third-order valence-corrected chi connectivity index (χ3v) is 4.12. The van der Waals surface area contributed by atoms with E-state index < -0.39 is 0 Å². The van der Waals surface area contributed by atoms with Crippen LogP contribution in [0.15, 0.2) is 30.6 Å². The molecule has 22 heavy (non-hydrogen) atoms. The Hall–Kier alpha value is -1.92. The summed E-state index contributed by atoms with van der Waals surface area (Å²) in [4.78, 5) is 16.5. The molecule has 0 unspecified atom stereocenters. The maximum Gasteiger partial charge on any atom is 0.227 e. The Bertz CT molecular complexity index is 616. The van der Waals surface area contributed by atoms with Crippen molar-refractivity contribution < 1.29 is 4.79 Å². The van der Waals surface area contributed by atoms with E-state index in [9.17, 15) is 4.79 Å². The van der Waals surface area contributed by atoms with E-state index in [-0.39, 0.29) is 24.2 Å². The summed E-state index contributed by atoms with van der Waals surface area (Å²) in [6.07, 6.45) is 4.52. The maximum atomic E-state index is 12.4. The molecular weight excluding hydrogens is 302 g/mol. The minimum atomic E-state index is 0. The summed E-state index contributed by atoms with van der Waals surface area (Å²) in [6.45, 7) is 0.580. The molecule has 1 aliphatic rings. The molecule has 118 valence electrons. The fraction of sp³-hybridized carbons (Fsp3) is 0.400. The average Bonchev–Trinajstić information content (AvgIpc) is 3.18. The Morgan fingerprint density at radius 2 is 2.27 bits per heavy atom. The number of anilines is 1. The van der Waals surface area contributed by atoms with E-state index in [1.54, 1.807) is 0 Å². The van der Waals surface area contributed by atoms with Crippen LogP contribution in [0.2, 0.25) is 0 Å². The molecule has 0 aliphatic heterocycles. The molecule has 1 heterocycles. The van der Waals surface area contributed by atoms with E-state index in [4.69, 9.17) is 5.73 Å². The summed E-state index contributed by atoms with van der Waals surface area (Å²) in [6, 6.07) is 7.59. The van der Waals surface area contributed by atoms with Crippen molar-refractivity contribution in [1.82, 2.24) is 15.2 Å². The monoisotopic (exact) mass is 321 g/mol. The summed E-state index contributed by atoms with van der Waals surface area (Å²) < 4.78 is 0. The second-order valence-electron chi connectivity index (χ2n) is 5.44. The van der Waals surface area contributed by atoms with Crippen LogP contribution in [0.1, 0.15) is 19.3 Å². The van der Waals surface area contributed by atoms with Crippen molar-refractivity contribution in [3.63, 3.8) is 0 Å². The minimum Gasteiger partial charge on any atom is -0.330 e. The molecule has 0 bridgehead atoms. The lowest BCUT2D eigenvalue weighted by atomic mass is 9.95. The van der Waals surface area contributed by atoms with E-state index in [0.717, 1.165) is 30.5 Å². The molecule has 6 nitrogen and oxygen atoms in total. The molecular formula is C15H20ClN5O. The number of aromatic nitrogens is 3. The highest BCUT2D eigenvalue weighted by Gasteiger charge is 2.31. The smallest absolute Gasteiger partial charge is 0.227 e. The van der Waals surface area contributed by atoms with Gasteiger partial charge in [-0.1, -0.05) is 18.6 Å². The van der Waals surface area contributed by atoms with E-state index in [1.165, 1.54) is 6.33 Å². The lowest BCUT2D eigenvalue weighted by molar-refractivity contribution is -0.120. The molecule has 0 spiro atoms. The zero-order chi connectivity index (χ0) is 14.7. The van der Waals surface area contributed by atoms with Gasteiger partial charge >= 0.3 is 0 Å². The zero-order valence-electron chi connectivity index (χ0n) is 12.2. The average molecular weight is 322 g/mol. The topological polar surface area (TPSA) is 96.7 Å². The largest absolute Gasteiger partial charge is 0.330 e. The van der Waals surface area contributed by atoms with Crippen LogP contribution >= 0.6 is 12.4 Å². The van der Waals surface area contributed by atoms with Crippen molar-refractivity contribution in [3.05, 3.63) is 30.6 Å². The quantitative estimate of drug-likeness (QED) is 0.804. The number of amides is 1. The summed E-state index contributed by atoms with van der Waals surface area (Å²) in [5.41, 5.74) is 7.41. The number of H-pyrrole nitrogens is 1. The Labute approximate surface area is 135 Å². The van der Waals surface area contributed by atoms with E-state index >= 15 is 0 Å². The highest BCUT2D eigenvalue weighted by molar-refractivity contribution is 5.93. The van der Waals surface area contributed by atoms with Crippen LogP contribution < -0.4 is 11.1 Å². The fourth-order valence-corrected chi connectivity index (χ4v) is 2.99. The number of hydrogen-bond donors (Lipinski definition) is 3. The summed E-state index contributed by atoms with van der Waals surface area (Å²) >= 11 is 0. The van der Waals surface area contributed by atoms with Crippen molar-refractivity contribution in [3.8, 4) is 11.4 Å². The first-order chi connectivity index (χ1) is 10.3. The number of nitrogens with two attached hydrogens (primary N) is 1. The number of nitrogens with zero attached hydrogens (tertiary/aromatic N) is 2. The number of aromatic amines is 1. The van der Waals surface area contributed by atoms with Crippen molar-refractivity contribution >= 4 is 24.0 Å². The first-order valence-corrected chi connectivity index (χ1v) is 7.24. The summed E-state index contributed by atoms with van der Waals surface area (Å²) in [5.74, 6) is 1.09. The van der Waals surface area contributed by atoms with Gasteiger partial charge in [-0.15, -0.1) is 12.4 Å². The highest BCUT2D eigenvalue weighted by Crippen LogP contribution is 2.32. The Kier molecular flexibility index (Phi) is 5.51. The number of carbonyl (C=O) groups is 1. The number of carbonyl (C=O) groups excluding carboxylic acids is 1. The molecule has 0 radical (unpaired) electrons. The van der Waals surface area contributed by atoms with Gasteiger partial charge in [-0.05, 0) is 37.4 Å². The maximum absolute atomic E-state index is 12.4. The molecule has 3 rings (SSSR count). The van der Waals surface area contributed by atoms with Crippen molar-refractivity contribution in [2.45, 2.75) is 19.3 Å². The number of halogens is 1. The van der Waals surface area contributed by atoms with Gasteiger partial charge in [0.1, 0.15) is 6.33 Å². The fourth-order valence-electron chi connectivity index (χ4n) is 2.99. The first-order valence-electron chi connectivity index (χ1n) is 7.24. The molecule has 4 N–H and O–H groups in total. The van der Waals surface area contributed by atoms with Crippen LogP contribution in [0.3, 0.4) is 0 Å². The predicted molar refractivity (Wildman–Crippen MR) is 87.6 cm³/mol. The van der Waals surface area contributed by atoms with E-state index in [2.05, 4.69) is 20.5 Å². The molecule has 1 fully saturated rings. The number of benzene rings is 1. The van der Waals surface area contributed by atoms with Crippen LogP contribution in [0.5, 0.6) is 0 Å². The van der Waals surface area contributed by atoms with E-state index in [1.807, 2.05) is 24.3 Å². The Morgan fingerprint density at radius 3 is 3.00 bits per heavy atom. The Morgan fingerprint density at radius 1 is 1.41 bits per heavy atom. The van der Waals surface area contributed by atoms with Gasteiger partial charge in [-0.25, -0.2) is 4.98 Å². The molecule has 2 aromatic rings. The van der Waals surface area contributed by atoms with E-state index in [0.29, 0.717) is 18.3 Å². The van der Waals surface area contributed by atoms with Crippen molar-refractivity contribution in [2.75, 3.05) is 11.9 Å². The highest BCUT2D eigenvalue weighted by atomic mass is 35.5. The normalized spacial score (nSPS) is 20.4. The van der Waals surface area contributed by atoms with Crippen LogP contribution in [0, 0.1) is 11.8 Å². The standard InChI is InChI=1S/C15H19N5O.ClH/c16-8-11-4-2-6-13(11)15(21)19-12-5-1-3-10(7-12)14-17-9-18-20-14;/h1,3,5,7,9,11,13H,2,4,6,8,16H2,(H,19,21)(H,17,18,20);1H/t11-,13-;/m1./s1. The van der Waals surface area contributed by atoms with Gasteiger partial charge in [-0.3, -0.25) is 9.89 Å². The number of rotatable bonds is 4. The summed E-state index contributed by atoms with van der Waals surface area (Å²) in [5, 5.41) is 9.64. The first kappa shape index (κ1) is 16.5. The molecule has 1 aromatic carbocycles. The van der Waals surface area contributed by atoms with Crippen LogP contribution in [-0.4, -0.2) is 27.6 Å². The van der Waals surface area contributed by atoms with Gasteiger partial charge in [0.05, 0.1) is 0 Å². The molecule has 1 aliphatic carbocycles. The summed E-state index contributed by atoms with van der Waals surface area (Å²) in [7, 11) is 0. The van der Waals surface area contributed by atoms with Gasteiger partial charge in [0.15, 0.2) is 5.82 Å². The molecule has 7 heteroatoms. The predicted octanol–water partition coefficient (Wildman–Crippen LogP) is 2.21. The molecule has 1 amide bonds. The number of hydrogen-bond acceptors (Lipinski definition) is 4. The van der Waals surface area contributed by atoms with Gasteiger partial charge in [0.25, 0.3) is 0 Å². The van der Waals surface area contributed by atoms with Crippen molar-refractivity contribution in [1.29, 1.82) is 0 Å². The Balaban J connectivity index is 0.00000176. The zero-order valence-corrected chi connectivity index (χ0v) is 13.0. The minimum absolute atomic E-state index is 0. The third-order valence-electron chi connectivity index (χ3n) is 4.12. The SMILES string of the molecule is Cl.NC[C@H]1CCC[C@H]1C(=O)Nc1cccc(-c2ncn[nH]2)c1. The second kappa shape index (κ2) is 7.38. The van der Waals surface area contributed by atoms with Crippen LogP contribution in [0.25, 0.3) is 11.4 Å². The molecule has 1 aromatic heterocycles. The van der Waals surface area contributed by atoms with Crippen molar-refractivity contribution in [2.24, 2.45) is 17.6 Å². The lowest BCUT2D eigenvalue weighted by Gasteiger charge is -2.17. The molecule has 2 atom stereocenters. The van der Waals surface area contributed by atoms with Crippen LogP contribution in [-0.2, 0) is 4.79 Å². The van der Waals surface area contributed by atoms with Crippen LogP contribution in [0.4, 0.5) is 5.69 Å². The van der Waals surface area contributed by atoms with Gasteiger partial charge in [0.2, 0.25) is 5.91 Å². The lowest BCUT2D eigenvalue weighted by Crippen LogP contribution is -2.29.